The lowest BCUT2D eigenvalue weighted by molar-refractivity contribution is -0.136. The highest BCUT2D eigenvalue weighted by atomic mass is 16.5. The van der Waals surface area contributed by atoms with Crippen LogP contribution >= 0.6 is 0 Å². The third-order valence-electron chi connectivity index (χ3n) is 5.31. The Labute approximate surface area is 133 Å². The number of hydrogen-bond acceptors (Lipinski definition) is 2. The highest BCUT2D eigenvalue weighted by molar-refractivity contribution is 5.79. The van der Waals surface area contributed by atoms with Crippen LogP contribution in [-0.4, -0.2) is 30.5 Å². The maximum Gasteiger partial charge on any atom is 0.225 e. The molecule has 22 heavy (non-hydrogen) atoms. The van der Waals surface area contributed by atoms with E-state index in [9.17, 15) is 4.79 Å². The van der Waals surface area contributed by atoms with E-state index in [0.717, 1.165) is 31.6 Å². The standard InChI is InChI=1S/C19H27NO2/c1-13-11-15(6-9-18(13)22-3)12-17-5-4-10-20(17)19(21)14(2)16-7-8-16/h6,9,11,14,16-17H,4-5,7-8,10,12H2,1-3H3. The number of methoxy groups -OCH3 is 1. The van der Waals surface area contributed by atoms with E-state index in [1.807, 2.05) is 6.07 Å². The molecule has 0 bridgehead atoms. The predicted molar refractivity (Wildman–Crippen MR) is 88.1 cm³/mol. The van der Waals surface area contributed by atoms with E-state index < -0.39 is 0 Å². The first-order valence-corrected chi connectivity index (χ1v) is 8.54. The molecule has 2 atom stereocenters. The molecular weight excluding hydrogens is 274 g/mol. The van der Waals surface area contributed by atoms with Crippen molar-refractivity contribution in [3.8, 4) is 5.75 Å². The zero-order valence-corrected chi connectivity index (χ0v) is 14.0. The minimum Gasteiger partial charge on any atom is -0.496 e. The van der Waals surface area contributed by atoms with Crippen molar-refractivity contribution in [1.82, 2.24) is 4.90 Å². The summed E-state index contributed by atoms with van der Waals surface area (Å²) < 4.78 is 5.33. The van der Waals surface area contributed by atoms with E-state index in [1.54, 1.807) is 7.11 Å². The fourth-order valence-electron chi connectivity index (χ4n) is 3.74. The minimum absolute atomic E-state index is 0.221. The molecule has 0 N–H and O–H groups in total. The fourth-order valence-corrected chi connectivity index (χ4v) is 3.74. The van der Waals surface area contributed by atoms with Crippen molar-refractivity contribution in [3.63, 3.8) is 0 Å². The fraction of sp³-hybridized carbons (Fsp3) is 0.632. The van der Waals surface area contributed by atoms with E-state index in [4.69, 9.17) is 4.74 Å². The zero-order chi connectivity index (χ0) is 15.7. The number of benzene rings is 1. The van der Waals surface area contributed by atoms with Gasteiger partial charge in [-0.2, -0.15) is 0 Å². The summed E-state index contributed by atoms with van der Waals surface area (Å²) in [4.78, 5) is 14.9. The van der Waals surface area contributed by atoms with Crippen LogP contribution in [0.2, 0.25) is 0 Å². The molecular formula is C19H27NO2. The van der Waals surface area contributed by atoms with E-state index in [0.29, 0.717) is 17.9 Å². The molecule has 1 aromatic carbocycles. The van der Waals surface area contributed by atoms with Gasteiger partial charge in [0.2, 0.25) is 5.91 Å². The van der Waals surface area contributed by atoms with Gasteiger partial charge in [0.15, 0.2) is 0 Å². The molecule has 1 aliphatic heterocycles. The lowest BCUT2D eigenvalue weighted by atomic mass is 9.99. The molecule has 0 spiro atoms. The number of carbonyl (C=O) groups is 1. The molecule has 0 aromatic heterocycles. The van der Waals surface area contributed by atoms with Crippen LogP contribution in [0.1, 0.15) is 43.7 Å². The summed E-state index contributed by atoms with van der Waals surface area (Å²) in [6.45, 7) is 5.14. The molecule has 2 unspecified atom stereocenters. The van der Waals surface area contributed by atoms with E-state index in [-0.39, 0.29) is 5.92 Å². The summed E-state index contributed by atoms with van der Waals surface area (Å²) in [6, 6.07) is 6.75. The first-order chi connectivity index (χ1) is 10.6. The summed E-state index contributed by atoms with van der Waals surface area (Å²) in [5, 5.41) is 0. The molecule has 3 nitrogen and oxygen atoms in total. The van der Waals surface area contributed by atoms with Gasteiger partial charge in [-0.15, -0.1) is 0 Å². The van der Waals surface area contributed by atoms with Crippen molar-refractivity contribution >= 4 is 5.91 Å². The quantitative estimate of drug-likeness (QED) is 0.832. The van der Waals surface area contributed by atoms with Crippen LogP contribution in [0.25, 0.3) is 0 Å². The summed E-state index contributed by atoms with van der Waals surface area (Å²) in [6.07, 6.45) is 5.72. The van der Waals surface area contributed by atoms with E-state index in [1.165, 1.54) is 24.0 Å². The highest BCUT2D eigenvalue weighted by Crippen LogP contribution is 2.38. The molecule has 1 saturated heterocycles. The van der Waals surface area contributed by atoms with Gasteiger partial charge in [-0.05, 0) is 62.1 Å². The van der Waals surface area contributed by atoms with Crippen LogP contribution in [0.5, 0.6) is 5.75 Å². The summed E-state index contributed by atoms with van der Waals surface area (Å²) in [7, 11) is 1.71. The maximum atomic E-state index is 12.7. The van der Waals surface area contributed by atoms with Crippen molar-refractivity contribution in [2.75, 3.05) is 13.7 Å². The summed E-state index contributed by atoms with van der Waals surface area (Å²) >= 11 is 0. The number of amides is 1. The van der Waals surface area contributed by atoms with Gasteiger partial charge < -0.3 is 9.64 Å². The van der Waals surface area contributed by atoms with Crippen LogP contribution in [0.3, 0.4) is 0 Å². The molecule has 1 heterocycles. The average molecular weight is 301 g/mol. The molecule has 3 heteroatoms. The number of rotatable bonds is 5. The second kappa shape index (κ2) is 6.31. The molecule has 1 aliphatic carbocycles. The van der Waals surface area contributed by atoms with Gasteiger partial charge in [0, 0.05) is 18.5 Å². The molecule has 2 fully saturated rings. The topological polar surface area (TPSA) is 29.5 Å². The second-order valence-corrected chi connectivity index (χ2v) is 6.96. The van der Waals surface area contributed by atoms with Crippen molar-refractivity contribution < 1.29 is 9.53 Å². The molecule has 3 rings (SSSR count). The number of ether oxygens (including phenoxy) is 1. The number of hydrogen-bond donors (Lipinski definition) is 0. The Bertz CT molecular complexity index is 550. The Balaban J connectivity index is 1.68. The zero-order valence-electron chi connectivity index (χ0n) is 14.0. The first kappa shape index (κ1) is 15.4. The third kappa shape index (κ3) is 3.13. The normalized spacial score (nSPS) is 22.7. The lowest BCUT2D eigenvalue weighted by Gasteiger charge is -2.28. The monoisotopic (exact) mass is 301 g/mol. The largest absolute Gasteiger partial charge is 0.496 e. The van der Waals surface area contributed by atoms with Gasteiger partial charge in [-0.3, -0.25) is 4.79 Å². The number of nitrogens with zero attached hydrogens (tertiary/aromatic N) is 1. The molecule has 0 radical (unpaired) electrons. The van der Waals surface area contributed by atoms with Gasteiger partial charge in [0.05, 0.1) is 7.11 Å². The molecule has 1 amide bonds. The Morgan fingerprint density at radius 1 is 1.36 bits per heavy atom. The molecule has 1 saturated carbocycles. The second-order valence-electron chi connectivity index (χ2n) is 6.96. The van der Waals surface area contributed by atoms with Crippen molar-refractivity contribution in [1.29, 1.82) is 0 Å². The number of aryl methyl sites for hydroxylation is 1. The molecule has 2 aliphatic rings. The van der Waals surface area contributed by atoms with Crippen LogP contribution in [0, 0.1) is 18.8 Å². The van der Waals surface area contributed by atoms with E-state index >= 15 is 0 Å². The highest BCUT2D eigenvalue weighted by Gasteiger charge is 2.38. The Kier molecular flexibility index (Phi) is 4.42. The number of carbonyl (C=O) groups excluding carboxylic acids is 1. The Morgan fingerprint density at radius 2 is 2.14 bits per heavy atom. The number of likely N-dealkylation sites (tertiary alicyclic amines) is 1. The first-order valence-electron chi connectivity index (χ1n) is 8.54. The lowest BCUT2D eigenvalue weighted by Crippen LogP contribution is -2.40. The Hall–Kier alpha value is -1.51. The summed E-state index contributed by atoms with van der Waals surface area (Å²) in [5.41, 5.74) is 2.48. The van der Waals surface area contributed by atoms with E-state index in [2.05, 4.69) is 30.9 Å². The van der Waals surface area contributed by atoms with Crippen LogP contribution < -0.4 is 4.74 Å². The third-order valence-corrected chi connectivity index (χ3v) is 5.31. The van der Waals surface area contributed by atoms with Gasteiger partial charge in [0.25, 0.3) is 0 Å². The average Bonchev–Trinajstić information content (AvgIpc) is 3.26. The minimum atomic E-state index is 0.221. The van der Waals surface area contributed by atoms with Gasteiger partial charge in [0.1, 0.15) is 5.75 Å². The van der Waals surface area contributed by atoms with Crippen molar-refractivity contribution in [3.05, 3.63) is 29.3 Å². The summed E-state index contributed by atoms with van der Waals surface area (Å²) in [5.74, 6) is 2.19. The maximum absolute atomic E-state index is 12.7. The Morgan fingerprint density at radius 3 is 2.77 bits per heavy atom. The van der Waals surface area contributed by atoms with Crippen molar-refractivity contribution in [2.24, 2.45) is 11.8 Å². The molecule has 1 aromatic rings. The SMILES string of the molecule is COc1ccc(CC2CCCN2C(=O)C(C)C2CC2)cc1C. The smallest absolute Gasteiger partial charge is 0.225 e. The van der Waals surface area contributed by atoms with Crippen LogP contribution in [0.4, 0.5) is 0 Å². The van der Waals surface area contributed by atoms with Gasteiger partial charge in [-0.1, -0.05) is 19.1 Å². The molecule has 120 valence electrons. The van der Waals surface area contributed by atoms with Gasteiger partial charge >= 0.3 is 0 Å². The van der Waals surface area contributed by atoms with Crippen LogP contribution in [0.15, 0.2) is 18.2 Å². The van der Waals surface area contributed by atoms with Gasteiger partial charge in [-0.25, -0.2) is 0 Å². The van der Waals surface area contributed by atoms with Crippen molar-refractivity contribution in [2.45, 2.75) is 52.0 Å². The van der Waals surface area contributed by atoms with Crippen LogP contribution in [-0.2, 0) is 11.2 Å². The predicted octanol–water partition coefficient (Wildman–Crippen LogP) is 3.58.